The molecule has 0 fully saturated rings. The first-order chi connectivity index (χ1) is 7.61. The Kier molecular flexibility index (Phi) is 2.89. The molecule has 0 saturated carbocycles. The van der Waals surface area contributed by atoms with Crippen molar-refractivity contribution in [3.63, 3.8) is 0 Å². The number of rotatable bonds is 2. The number of aryl methyl sites for hydroxylation is 2. The Bertz CT molecular complexity index is 551. The highest BCUT2D eigenvalue weighted by Crippen LogP contribution is 2.15. The molecule has 2 rings (SSSR count). The van der Waals surface area contributed by atoms with E-state index in [1.165, 1.54) is 0 Å². The molecule has 4 nitrogen and oxygen atoms in total. The minimum absolute atomic E-state index is 0.139. The molecule has 0 aliphatic carbocycles. The summed E-state index contributed by atoms with van der Waals surface area (Å²) in [5.74, 6) is 0.523. The van der Waals surface area contributed by atoms with Crippen molar-refractivity contribution in [3.05, 3.63) is 39.9 Å². The van der Waals surface area contributed by atoms with Crippen LogP contribution in [0.5, 0.6) is 0 Å². The summed E-state index contributed by atoms with van der Waals surface area (Å²) >= 11 is 5.14. The Morgan fingerprint density at radius 2 is 1.94 bits per heavy atom. The molecule has 1 aromatic carbocycles. The average molecular weight is 235 g/mol. The molecule has 0 saturated heterocycles. The van der Waals surface area contributed by atoms with Crippen LogP contribution in [-0.4, -0.2) is 19.9 Å². The fraction of sp³-hybridized carbons (Fsp3) is 0.273. The van der Waals surface area contributed by atoms with Gasteiger partial charge in [0.15, 0.2) is 10.6 Å². The van der Waals surface area contributed by atoms with Crippen LogP contribution < -0.4 is 0 Å². The van der Waals surface area contributed by atoms with Gasteiger partial charge in [-0.1, -0.05) is 6.07 Å². The normalized spacial score (nSPS) is 10.7. The van der Waals surface area contributed by atoms with E-state index < -0.39 is 0 Å². The Balaban J connectivity index is 2.66. The maximum absolute atomic E-state index is 9.18. The van der Waals surface area contributed by atoms with Gasteiger partial charge in [0.2, 0.25) is 0 Å². The van der Waals surface area contributed by atoms with Crippen molar-refractivity contribution >= 4 is 12.2 Å². The van der Waals surface area contributed by atoms with Crippen LogP contribution in [0, 0.1) is 18.6 Å². The van der Waals surface area contributed by atoms with Gasteiger partial charge in [0, 0.05) is 0 Å². The van der Waals surface area contributed by atoms with Crippen molar-refractivity contribution in [2.75, 3.05) is 0 Å². The van der Waals surface area contributed by atoms with Crippen LogP contribution in [-0.2, 0) is 6.61 Å². The van der Waals surface area contributed by atoms with Gasteiger partial charge >= 0.3 is 0 Å². The van der Waals surface area contributed by atoms with E-state index in [-0.39, 0.29) is 6.61 Å². The molecule has 0 radical (unpaired) electrons. The SMILES string of the molecule is Cc1cc(C)cc(-n2c(CO)n[nH]c2=S)c1. The third kappa shape index (κ3) is 1.91. The zero-order chi connectivity index (χ0) is 11.7. The lowest BCUT2D eigenvalue weighted by Crippen LogP contribution is -2.02. The molecule has 16 heavy (non-hydrogen) atoms. The number of nitrogens with zero attached hydrogens (tertiary/aromatic N) is 2. The van der Waals surface area contributed by atoms with Gasteiger partial charge in [-0.25, -0.2) is 0 Å². The number of H-pyrrole nitrogens is 1. The molecule has 0 spiro atoms. The number of aromatic nitrogens is 3. The maximum Gasteiger partial charge on any atom is 0.199 e. The van der Waals surface area contributed by atoms with E-state index in [1.54, 1.807) is 4.57 Å². The van der Waals surface area contributed by atoms with Crippen LogP contribution in [0.3, 0.4) is 0 Å². The number of aromatic amines is 1. The fourth-order valence-electron chi connectivity index (χ4n) is 1.78. The predicted molar refractivity (Wildman–Crippen MR) is 64.1 cm³/mol. The summed E-state index contributed by atoms with van der Waals surface area (Å²) in [6.45, 7) is 3.91. The maximum atomic E-state index is 9.18. The Hall–Kier alpha value is -1.46. The van der Waals surface area contributed by atoms with E-state index in [2.05, 4.69) is 16.3 Å². The zero-order valence-corrected chi connectivity index (χ0v) is 10.0. The van der Waals surface area contributed by atoms with Crippen molar-refractivity contribution in [1.29, 1.82) is 0 Å². The summed E-state index contributed by atoms with van der Waals surface area (Å²) in [4.78, 5) is 0. The Morgan fingerprint density at radius 3 is 2.50 bits per heavy atom. The molecular formula is C11H13N3OS. The van der Waals surface area contributed by atoms with E-state index >= 15 is 0 Å². The first-order valence-electron chi connectivity index (χ1n) is 4.97. The van der Waals surface area contributed by atoms with Gasteiger partial charge < -0.3 is 5.11 Å². The highest BCUT2D eigenvalue weighted by molar-refractivity contribution is 7.71. The second-order valence-corrected chi connectivity index (χ2v) is 4.17. The fourth-order valence-corrected chi connectivity index (χ4v) is 2.04. The molecule has 0 atom stereocenters. The largest absolute Gasteiger partial charge is 0.388 e. The molecule has 5 heteroatoms. The van der Waals surface area contributed by atoms with Gasteiger partial charge in [0.25, 0.3) is 0 Å². The Labute approximate surface area is 98.6 Å². The molecule has 0 unspecified atom stereocenters. The van der Waals surface area contributed by atoms with E-state index in [1.807, 2.05) is 26.0 Å². The summed E-state index contributed by atoms with van der Waals surface area (Å²) in [6, 6.07) is 6.11. The van der Waals surface area contributed by atoms with Gasteiger partial charge in [-0.05, 0) is 49.3 Å². The van der Waals surface area contributed by atoms with Crippen LogP contribution in [0.2, 0.25) is 0 Å². The van der Waals surface area contributed by atoms with E-state index in [4.69, 9.17) is 12.2 Å². The lowest BCUT2D eigenvalue weighted by Gasteiger charge is -2.07. The molecule has 0 aliphatic rings. The van der Waals surface area contributed by atoms with Crippen molar-refractivity contribution in [2.24, 2.45) is 0 Å². The first-order valence-corrected chi connectivity index (χ1v) is 5.38. The lowest BCUT2D eigenvalue weighted by atomic mass is 10.1. The number of benzene rings is 1. The molecule has 0 bridgehead atoms. The second kappa shape index (κ2) is 4.19. The Morgan fingerprint density at radius 1 is 1.31 bits per heavy atom. The molecule has 1 heterocycles. The predicted octanol–water partition coefficient (Wildman–Crippen LogP) is 2.04. The summed E-state index contributed by atoms with van der Waals surface area (Å²) in [6.07, 6.45) is 0. The van der Waals surface area contributed by atoms with Crippen LogP contribution in [0.25, 0.3) is 5.69 Å². The second-order valence-electron chi connectivity index (χ2n) is 3.78. The highest BCUT2D eigenvalue weighted by Gasteiger charge is 2.07. The van der Waals surface area contributed by atoms with E-state index in [9.17, 15) is 5.11 Å². The van der Waals surface area contributed by atoms with Crippen LogP contribution in [0.15, 0.2) is 18.2 Å². The average Bonchev–Trinajstić information content (AvgIpc) is 2.58. The van der Waals surface area contributed by atoms with Crippen molar-refractivity contribution in [3.8, 4) is 5.69 Å². The topological polar surface area (TPSA) is 53.8 Å². The van der Waals surface area contributed by atoms with Crippen LogP contribution in [0.1, 0.15) is 17.0 Å². The third-order valence-corrected chi connectivity index (χ3v) is 2.62. The highest BCUT2D eigenvalue weighted by atomic mass is 32.1. The quantitative estimate of drug-likeness (QED) is 0.783. The van der Waals surface area contributed by atoms with E-state index in [0.29, 0.717) is 10.6 Å². The standard InChI is InChI=1S/C11H13N3OS/c1-7-3-8(2)5-9(4-7)14-10(6-15)12-13-11(14)16/h3-5,15H,6H2,1-2H3,(H,13,16). The first kappa shape index (κ1) is 11.0. The lowest BCUT2D eigenvalue weighted by molar-refractivity contribution is 0.269. The molecule has 0 amide bonds. The van der Waals surface area contributed by atoms with Gasteiger partial charge in [0.1, 0.15) is 6.61 Å². The van der Waals surface area contributed by atoms with Crippen molar-refractivity contribution < 1.29 is 5.11 Å². The summed E-state index contributed by atoms with van der Waals surface area (Å²) in [7, 11) is 0. The summed E-state index contributed by atoms with van der Waals surface area (Å²) in [5, 5.41) is 15.8. The van der Waals surface area contributed by atoms with Gasteiger partial charge in [0.05, 0.1) is 5.69 Å². The zero-order valence-electron chi connectivity index (χ0n) is 9.19. The molecule has 2 aromatic rings. The van der Waals surface area contributed by atoms with Crippen molar-refractivity contribution in [2.45, 2.75) is 20.5 Å². The molecule has 0 aliphatic heterocycles. The number of nitrogens with one attached hydrogen (secondary N) is 1. The minimum Gasteiger partial charge on any atom is -0.388 e. The monoisotopic (exact) mass is 235 g/mol. The van der Waals surface area contributed by atoms with Crippen LogP contribution in [0.4, 0.5) is 0 Å². The minimum atomic E-state index is -0.139. The van der Waals surface area contributed by atoms with E-state index in [0.717, 1.165) is 16.8 Å². The number of aliphatic hydroxyl groups is 1. The van der Waals surface area contributed by atoms with Gasteiger partial charge in [-0.3, -0.25) is 9.67 Å². The number of hydrogen-bond acceptors (Lipinski definition) is 3. The third-order valence-electron chi connectivity index (χ3n) is 2.35. The van der Waals surface area contributed by atoms with Crippen LogP contribution >= 0.6 is 12.2 Å². The summed E-state index contributed by atoms with van der Waals surface area (Å²) in [5.41, 5.74) is 3.24. The molecule has 2 N–H and O–H groups in total. The van der Waals surface area contributed by atoms with Gasteiger partial charge in [-0.15, -0.1) is 0 Å². The molecule has 84 valence electrons. The number of aliphatic hydroxyl groups excluding tert-OH is 1. The number of hydrogen-bond donors (Lipinski definition) is 2. The summed E-state index contributed by atoms with van der Waals surface area (Å²) < 4.78 is 2.24. The van der Waals surface area contributed by atoms with Crippen molar-refractivity contribution in [1.82, 2.24) is 14.8 Å². The molecular weight excluding hydrogens is 222 g/mol. The molecule has 1 aromatic heterocycles. The smallest absolute Gasteiger partial charge is 0.199 e. The van der Waals surface area contributed by atoms with Gasteiger partial charge in [-0.2, -0.15) is 5.10 Å².